The zero-order chi connectivity index (χ0) is 15.7. The van der Waals surface area contributed by atoms with Gasteiger partial charge in [0.25, 0.3) is 0 Å². The highest BCUT2D eigenvalue weighted by atomic mass is 14.7. The zero-order valence-corrected chi connectivity index (χ0v) is 14.1. The van der Waals surface area contributed by atoms with Crippen molar-refractivity contribution in [1.82, 2.24) is 0 Å². The molecule has 0 spiro atoms. The third-order valence-corrected chi connectivity index (χ3v) is 5.26. The average Bonchev–Trinajstić information content (AvgIpc) is 2.51. The highest BCUT2D eigenvalue weighted by Gasteiger charge is 2.22. The summed E-state index contributed by atoms with van der Waals surface area (Å²) in [4.78, 5) is 0. The van der Waals surface area contributed by atoms with Crippen molar-refractivity contribution in [1.29, 1.82) is 0 Å². The minimum atomic E-state index is 0.0328. The molecule has 0 aliphatic heterocycles. The summed E-state index contributed by atoms with van der Waals surface area (Å²) in [7, 11) is 0. The van der Waals surface area contributed by atoms with Crippen LogP contribution < -0.4 is 5.73 Å². The monoisotopic (exact) mass is 281 g/mol. The molecule has 0 saturated carbocycles. The van der Waals surface area contributed by atoms with Crippen LogP contribution >= 0.6 is 0 Å². The van der Waals surface area contributed by atoms with Crippen molar-refractivity contribution in [2.45, 2.75) is 53.5 Å². The molecule has 0 saturated heterocycles. The fourth-order valence-electron chi connectivity index (χ4n) is 3.24. The topological polar surface area (TPSA) is 26.0 Å². The normalized spacial score (nSPS) is 14.0. The molecule has 112 valence electrons. The van der Waals surface area contributed by atoms with Crippen molar-refractivity contribution in [2.24, 2.45) is 5.73 Å². The maximum Gasteiger partial charge on any atom is 0.0367 e. The predicted octanol–water partition coefficient (Wildman–Crippen LogP) is 5.03. The molecule has 2 aromatic carbocycles. The first-order valence-corrected chi connectivity index (χ1v) is 7.73. The highest BCUT2D eigenvalue weighted by Crippen LogP contribution is 2.36. The van der Waals surface area contributed by atoms with Gasteiger partial charge < -0.3 is 5.73 Å². The summed E-state index contributed by atoms with van der Waals surface area (Å²) in [6.45, 7) is 13.3. The number of hydrogen-bond acceptors (Lipinski definition) is 1. The second kappa shape index (κ2) is 6.03. The first kappa shape index (κ1) is 15.8. The van der Waals surface area contributed by atoms with Gasteiger partial charge in [0.2, 0.25) is 0 Å². The van der Waals surface area contributed by atoms with Crippen molar-refractivity contribution in [3.63, 3.8) is 0 Å². The Labute approximate surface area is 129 Å². The largest absolute Gasteiger partial charge is 0.323 e. The van der Waals surface area contributed by atoms with Gasteiger partial charge >= 0.3 is 0 Å². The van der Waals surface area contributed by atoms with Crippen LogP contribution in [0.5, 0.6) is 0 Å². The van der Waals surface area contributed by atoms with Crippen LogP contribution in [0, 0.1) is 34.6 Å². The van der Waals surface area contributed by atoms with Gasteiger partial charge in [-0.1, -0.05) is 37.3 Å². The fourth-order valence-corrected chi connectivity index (χ4v) is 3.24. The van der Waals surface area contributed by atoms with E-state index >= 15 is 0 Å². The van der Waals surface area contributed by atoms with E-state index in [2.05, 4.69) is 71.9 Å². The lowest BCUT2D eigenvalue weighted by Crippen LogP contribution is -2.21. The number of benzene rings is 2. The van der Waals surface area contributed by atoms with Crippen molar-refractivity contribution in [3.8, 4) is 0 Å². The van der Waals surface area contributed by atoms with E-state index in [0.29, 0.717) is 5.92 Å². The number of rotatable bonds is 3. The Morgan fingerprint density at radius 1 is 0.714 bits per heavy atom. The molecule has 1 heteroatoms. The predicted molar refractivity (Wildman–Crippen MR) is 91.9 cm³/mol. The van der Waals surface area contributed by atoms with Gasteiger partial charge in [-0.05, 0) is 73.6 Å². The van der Waals surface area contributed by atoms with Crippen molar-refractivity contribution >= 4 is 0 Å². The molecule has 2 N–H and O–H groups in total. The Morgan fingerprint density at radius 3 is 1.62 bits per heavy atom. The smallest absolute Gasteiger partial charge is 0.0367 e. The minimum Gasteiger partial charge on any atom is -0.323 e. The van der Waals surface area contributed by atoms with Gasteiger partial charge in [0, 0.05) is 12.0 Å². The summed E-state index contributed by atoms with van der Waals surface area (Å²) in [6, 6.07) is 10.6. The van der Waals surface area contributed by atoms with Crippen molar-refractivity contribution < 1.29 is 0 Å². The van der Waals surface area contributed by atoms with Crippen LogP contribution in [0.4, 0.5) is 0 Å². The van der Waals surface area contributed by atoms with Crippen LogP contribution in [0.25, 0.3) is 0 Å². The SMILES string of the molecule is Cc1c(C)c(C)c(C(N)C(C)c2ccccc2)c(C)c1C. The fraction of sp³-hybridized carbons (Fsp3) is 0.400. The molecule has 0 amide bonds. The third kappa shape index (κ3) is 2.75. The van der Waals surface area contributed by atoms with Gasteiger partial charge in [-0.3, -0.25) is 0 Å². The molecule has 0 aliphatic carbocycles. The Kier molecular flexibility index (Phi) is 4.53. The Bertz CT molecular complexity index is 612. The van der Waals surface area contributed by atoms with Gasteiger partial charge in [-0.15, -0.1) is 0 Å². The molecule has 2 atom stereocenters. The summed E-state index contributed by atoms with van der Waals surface area (Å²) < 4.78 is 0. The molecule has 0 aliphatic rings. The molecule has 0 aromatic heterocycles. The second-order valence-corrected chi connectivity index (χ2v) is 6.26. The van der Waals surface area contributed by atoms with E-state index in [9.17, 15) is 0 Å². The van der Waals surface area contributed by atoms with E-state index in [4.69, 9.17) is 5.73 Å². The van der Waals surface area contributed by atoms with Crippen molar-refractivity contribution in [3.05, 3.63) is 69.3 Å². The number of nitrogens with two attached hydrogens (primary N) is 1. The number of hydrogen-bond donors (Lipinski definition) is 1. The summed E-state index contributed by atoms with van der Waals surface area (Å²) in [5.74, 6) is 0.310. The van der Waals surface area contributed by atoms with Crippen LogP contribution in [0.3, 0.4) is 0 Å². The molecule has 0 radical (unpaired) electrons. The minimum absolute atomic E-state index is 0.0328. The van der Waals surface area contributed by atoms with E-state index in [1.165, 1.54) is 38.9 Å². The lowest BCUT2D eigenvalue weighted by atomic mass is 9.81. The highest BCUT2D eigenvalue weighted by molar-refractivity contribution is 5.51. The van der Waals surface area contributed by atoms with E-state index in [1.54, 1.807) is 0 Å². The van der Waals surface area contributed by atoms with Crippen molar-refractivity contribution in [2.75, 3.05) is 0 Å². The van der Waals surface area contributed by atoms with Crippen LogP contribution in [0.1, 0.15) is 57.8 Å². The van der Waals surface area contributed by atoms with Gasteiger partial charge in [-0.2, -0.15) is 0 Å². The maximum absolute atomic E-state index is 6.66. The maximum atomic E-state index is 6.66. The Balaban J connectivity index is 2.52. The quantitative estimate of drug-likeness (QED) is 0.838. The van der Waals surface area contributed by atoms with Gasteiger partial charge in [-0.25, -0.2) is 0 Å². The first-order valence-electron chi connectivity index (χ1n) is 7.73. The van der Waals surface area contributed by atoms with Crippen LogP contribution in [0.15, 0.2) is 30.3 Å². The molecule has 21 heavy (non-hydrogen) atoms. The van der Waals surface area contributed by atoms with E-state index in [0.717, 1.165) is 0 Å². The Morgan fingerprint density at radius 2 is 1.14 bits per heavy atom. The van der Waals surface area contributed by atoms with Crippen LogP contribution in [-0.2, 0) is 0 Å². The first-order chi connectivity index (χ1) is 9.86. The third-order valence-electron chi connectivity index (χ3n) is 5.26. The summed E-state index contributed by atoms with van der Waals surface area (Å²) in [6.07, 6.45) is 0. The lowest BCUT2D eigenvalue weighted by Gasteiger charge is -2.27. The van der Waals surface area contributed by atoms with Crippen LogP contribution in [-0.4, -0.2) is 0 Å². The molecule has 0 bridgehead atoms. The molecule has 0 heterocycles. The summed E-state index contributed by atoms with van der Waals surface area (Å²) in [5, 5.41) is 0. The molecular weight excluding hydrogens is 254 g/mol. The lowest BCUT2D eigenvalue weighted by molar-refractivity contribution is 0.590. The van der Waals surface area contributed by atoms with Gasteiger partial charge in [0.15, 0.2) is 0 Å². The molecule has 2 rings (SSSR count). The Hall–Kier alpha value is -1.60. The molecule has 0 fully saturated rings. The van der Waals surface area contributed by atoms with E-state index < -0.39 is 0 Å². The average molecular weight is 281 g/mol. The summed E-state index contributed by atoms with van der Waals surface area (Å²) in [5.41, 5.74) is 16.2. The van der Waals surface area contributed by atoms with Gasteiger partial charge in [0.05, 0.1) is 0 Å². The van der Waals surface area contributed by atoms with E-state index in [-0.39, 0.29) is 6.04 Å². The zero-order valence-electron chi connectivity index (χ0n) is 14.1. The molecule has 2 unspecified atom stereocenters. The van der Waals surface area contributed by atoms with E-state index in [1.807, 2.05) is 0 Å². The molecule has 1 nitrogen and oxygen atoms in total. The van der Waals surface area contributed by atoms with Gasteiger partial charge in [0.1, 0.15) is 0 Å². The second-order valence-electron chi connectivity index (χ2n) is 6.26. The molecule has 2 aromatic rings. The molecular formula is C20H27N. The standard InChI is InChI=1S/C20H27N/c1-12-13(2)15(4)19(16(5)14(12)3)20(21)17(6)18-10-8-7-9-11-18/h7-11,17,20H,21H2,1-6H3. The summed E-state index contributed by atoms with van der Waals surface area (Å²) >= 11 is 0. The van der Waals surface area contributed by atoms with Crippen LogP contribution in [0.2, 0.25) is 0 Å².